The summed E-state index contributed by atoms with van der Waals surface area (Å²) in [6.07, 6.45) is -3.72. The molecule has 3 aromatic carbocycles. The van der Waals surface area contributed by atoms with Gasteiger partial charge in [0.15, 0.2) is 0 Å². The Morgan fingerprint density at radius 1 is 0.953 bits per heavy atom. The number of hydrogen-bond acceptors (Lipinski definition) is 4. The van der Waals surface area contributed by atoms with Crippen LogP contribution in [0.15, 0.2) is 78.9 Å². The second kappa shape index (κ2) is 14.7. The number of carbonyl (C=O) groups is 2. The molecule has 0 aliphatic rings. The third-order valence-electron chi connectivity index (χ3n) is 6.61. The van der Waals surface area contributed by atoms with Crippen molar-refractivity contribution in [1.82, 2.24) is 10.2 Å². The molecule has 3 aromatic rings. The van der Waals surface area contributed by atoms with E-state index in [-0.39, 0.29) is 50.0 Å². The van der Waals surface area contributed by atoms with Crippen molar-refractivity contribution in [3.8, 4) is 0 Å². The van der Waals surface area contributed by atoms with Gasteiger partial charge in [0.1, 0.15) is 6.04 Å². The molecule has 43 heavy (non-hydrogen) atoms. The lowest BCUT2D eigenvalue weighted by molar-refractivity contribution is -0.141. The molecule has 0 aliphatic heterocycles. The largest absolute Gasteiger partial charge is 0.416 e. The van der Waals surface area contributed by atoms with E-state index in [1.165, 1.54) is 11.0 Å². The highest BCUT2D eigenvalue weighted by Crippen LogP contribution is 2.32. The minimum Gasteiger partial charge on any atom is -0.352 e. The van der Waals surface area contributed by atoms with Crippen LogP contribution in [0.3, 0.4) is 0 Å². The van der Waals surface area contributed by atoms with Gasteiger partial charge in [-0.2, -0.15) is 13.2 Å². The van der Waals surface area contributed by atoms with E-state index in [0.29, 0.717) is 10.6 Å². The predicted octanol–water partition coefficient (Wildman–Crippen LogP) is 6.07. The fourth-order valence-electron chi connectivity index (χ4n) is 4.59. The lowest BCUT2D eigenvalue weighted by atomic mass is 10.0. The third kappa shape index (κ3) is 10.00. The first-order chi connectivity index (χ1) is 20.2. The van der Waals surface area contributed by atoms with Gasteiger partial charge < -0.3 is 10.2 Å². The van der Waals surface area contributed by atoms with E-state index in [4.69, 9.17) is 11.6 Å². The highest BCUT2D eigenvalue weighted by molar-refractivity contribution is 7.92. The smallest absolute Gasteiger partial charge is 0.352 e. The number of nitrogens with one attached hydrogen (secondary N) is 1. The summed E-state index contributed by atoms with van der Waals surface area (Å²) in [6.45, 7) is 3.40. The van der Waals surface area contributed by atoms with Gasteiger partial charge in [0.25, 0.3) is 0 Å². The summed E-state index contributed by atoms with van der Waals surface area (Å²) < 4.78 is 65.9. The maximum Gasteiger partial charge on any atom is 0.416 e. The number of amides is 2. The van der Waals surface area contributed by atoms with E-state index in [1.54, 1.807) is 24.3 Å². The Labute approximate surface area is 255 Å². The number of rotatable bonds is 13. The average molecular weight is 638 g/mol. The summed E-state index contributed by atoms with van der Waals surface area (Å²) in [4.78, 5) is 28.7. The van der Waals surface area contributed by atoms with Crippen LogP contribution in [0.2, 0.25) is 5.02 Å². The maximum absolute atomic E-state index is 13.8. The van der Waals surface area contributed by atoms with Gasteiger partial charge in [0.2, 0.25) is 21.8 Å². The van der Waals surface area contributed by atoms with E-state index in [1.807, 2.05) is 44.2 Å². The van der Waals surface area contributed by atoms with Crippen LogP contribution >= 0.6 is 11.6 Å². The molecule has 1 unspecified atom stereocenters. The molecule has 0 aliphatic carbocycles. The Balaban J connectivity index is 1.90. The number of alkyl halides is 3. The second-order valence-electron chi connectivity index (χ2n) is 10.5. The molecule has 3 rings (SSSR count). The highest BCUT2D eigenvalue weighted by Gasteiger charge is 2.33. The standard InChI is InChI=1S/C31H35ClF3N3O4S/c1-22(2)36-30(40)28(19-23-11-5-4-6-12-23)37(21-24-13-7-8-16-27(24)32)29(39)17-10-18-38(43(3,41)42)26-15-9-14-25(20-26)31(33,34)35/h4-9,11-16,20,22,28H,10,17-19,21H2,1-3H3,(H,36,40). The van der Waals surface area contributed by atoms with Gasteiger partial charge in [-0.3, -0.25) is 13.9 Å². The number of sulfonamides is 1. The minimum atomic E-state index is -4.65. The highest BCUT2D eigenvalue weighted by atomic mass is 35.5. The first-order valence-electron chi connectivity index (χ1n) is 13.7. The van der Waals surface area contributed by atoms with Crippen LogP contribution in [0.25, 0.3) is 0 Å². The van der Waals surface area contributed by atoms with Crippen LogP contribution in [0.5, 0.6) is 0 Å². The summed E-state index contributed by atoms with van der Waals surface area (Å²) in [5.74, 6) is -0.793. The third-order valence-corrected chi connectivity index (χ3v) is 8.18. The van der Waals surface area contributed by atoms with Crippen molar-refractivity contribution in [1.29, 1.82) is 0 Å². The first-order valence-corrected chi connectivity index (χ1v) is 15.9. The molecule has 12 heteroatoms. The number of hydrogen-bond donors (Lipinski definition) is 1. The topological polar surface area (TPSA) is 86.8 Å². The zero-order valence-corrected chi connectivity index (χ0v) is 25.7. The number of nitrogens with zero attached hydrogens (tertiary/aromatic N) is 2. The molecular weight excluding hydrogens is 603 g/mol. The Bertz CT molecular complexity index is 1500. The van der Waals surface area contributed by atoms with Crippen molar-refractivity contribution in [2.45, 2.75) is 57.9 Å². The van der Waals surface area contributed by atoms with Gasteiger partial charge in [-0.05, 0) is 55.7 Å². The number of carbonyl (C=O) groups excluding carboxylic acids is 2. The van der Waals surface area contributed by atoms with E-state index in [2.05, 4.69) is 5.32 Å². The van der Waals surface area contributed by atoms with Gasteiger partial charge in [-0.1, -0.05) is 66.2 Å². The van der Waals surface area contributed by atoms with E-state index < -0.39 is 33.7 Å². The lowest BCUT2D eigenvalue weighted by Crippen LogP contribution is -2.51. The maximum atomic E-state index is 13.8. The molecule has 0 aromatic heterocycles. The van der Waals surface area contributed by atoms with Crippen LogP contribution in [0.4, 0.5) is 18.9 Å². The Kier molecular flexibility index (Phi) is 11.6. The normalized spacial score (nSPS) is 12.6. The second-order valence-corrected chi connectivity index (χ2v) is 12.8. The first kappa shape index (κ1) is 33.9. The zero-order valence-electron chi connectivity index (χ0n) is 24.1. The van der Waals surface area contributed by atoms with Gasteiger partial charge in [-0.15, -0.1) is 0 Å². The van der Waals surface area contributed by atoms with Crippen LogP contribution < -0.4 is 9.62 Å². The number of benzene rings is 3. The van der Waals surface area contributed by atoms with Gasteiger partial charge in [0, 0.05) is 37.0 Å². The van der Waals surface area contributed by atoms with Crippen LogP contribution in [0, 0.1) is 0 Å². The molecule has 1 atom stereocenters. The minimum absolute atomic E-state index is 0.00890. The monoisotopic (exact) mass is 637 g/mol. The summed E-state index contributed by atoms with van der Waals surface area (Å²) in [5.41, 5.74) is 0.308. The van der Waals surface area contributed by atoms with Crippen molar-refractivity contribution in [3.05, 3.63) is 101 Å². The average Bonchev–Trinajstić information content (AvgIpc) is 2.93. The quantitative estimate of drug-likeness (QED) is 0.247. The number of anilines is 1. The molecule has 7 nitrogen and oxygen atoms in total. The van der Waals surface area contributed by atoms with Gasteiger partial charge in [0.05, 0.1) is 17.5 Å². The van der Waals surface area contributed by atoms with Crippen LogP contribution in [-0.4, -0.2) is 50.0 Å². The van der Waals surface area contributed by atoms with Crippen molar-refractivity contribution in [3.63, 3.8) is 0 Å². The van der Waals surface area contributed by atoms with Crippen molar-refractivity contribution in [2.24, 2.45) is 0 Å². The van der Waals surface area contributed by atoms with Gasteiger partial charge in [-0.25, -0.2) is 8.42 Å². The molecule has 232 valence electrons. The molecule has 1 N–H and O–H groups in total. The van der Waals surface area contributed by atoms with E-state index in [0.717, 1.165) is 34.3 Å². The number of halogens is 4. The summed E-state index contributed by atoms with van der Waals surface area (Å²) in [6, 6.07) is 19.1. The molecule has 0 radical (unpaired) electrons. The van der Waals surface area contributed by atoms with Crippen molar-refractivity contribution < 1.29 is 31.2 Å². The van der Waals surface area contributed by atoms with Crippen LogP contribution in [-0.2, 0) is 38.8 Å². The molecule has 0 saturated carbocycles. The summed E-state index contributed by atoms with van der Waals surface area (Å²) >= 11 is 6.42. The van der Waals surface area contributed by atoms with Crippen molar-refractivity contribution in [2.75, 3.05) is 17.1 Å². The fraction of sp³-hybridized carbons (Fsp3) is 0.355. The molecule has 0 saturated heterocycles. The SMILES string of the molecule is CC(C)NC(=O)C(Cc1ccccc1)N(Cc1ccccc1Cl)C(=O)CCCN(c1cccc(C(F)(F)F)c1)S(C)(=O)=O. The lowest BCUT2D eigenvalue weighted by Gasteiger charge is -2.32. The molecule has 0 spiro atoms. The van der Waals surface area contributed by atoms with E-state index >= 15 is 0 Å². The fourth-order valence-corrected chi connectivity index (χ4v) is 5.74. The molecule has 0 fully saturated rings. The Morgan fingerprint density at radius 3 is 2.21 bits per heavy atom. The molecule has 0 heterocycles. The Morgan fingerprint density at radius 2 is 1.60 bits per heavy atom. The molecule has 0 bridgehead atoms. The zero-order chi connectivity index (χ0) is 31.8. The molecular formula is C31H35ClF3N3O4S. The van der Waals surface area contributed by atoms with Crippen LogP contribution in [0.1, 0.15) is 43.4 Å². The summed E-state index contributed by atoms with van der Waals surface area (Å²) in [5, 5.41) is 3.30. The van der Waals surface area contributed by atoms with Crippen molar-refractivity contribution >= 4 is 39.1 Å². The Hall–Kier alpha value is -3.57. The summed E-state index contributed by atoms with van der Waals surface area (Å²) in [7, 11) is -3.98. The van der Waals surface area contributed by atoms with Gasteiger partial charge >= 0.3 is 6.18 Å². The van der Waals surface area contributed by atoms with E-state index in [9.17, 15) is 31.2 Å². The predicted molar refractivity (Wildman–Crippen MR) is 162 cm³/mol. The molecule has 2 amide bonds.